The Balaban J connectivity index is 2.36. The van der Waals surface area contributed by atoms with Gasteiger partial charge in [-0.2, -0.15) is 5.10 Å². The maximum Gasteiger partial charge on any atom is 0.190 e. The number of hydrogen-bond acceptors (Lipinski definition) is 4. The monoisotopic (exact) mass is 326 g/mol. The molecule has 1 unspecified atom stereocenters. The van der Waals surface area contributed by atoms with Gasteiger partial charge in [-0.1, -0.05) is 22.0 Å². The Bertz CT molecular complexity index is 541. The summed E-state index contributed by atoms with van der Waals surface area (Å²) < 4.78 is 2.85. The second-order valence-corrected chi connectivity index (χ2v) is 5.89. The van der Waals surface area contributed by atoms with Gasteiger partial charge < -0.3 is 5.32 Å². The maximum absolute atomic E-state index is 4.25. The van der Waals surface area contributed by atoms with Crippen LogP contribution in [-0.4, -0.2) is 21.8 Å². The summed E-state index contributed by atoms with van der Waals surface area (Å²) in [4.78, 5) is 5.43. The Hall–Kier alpha value is -0.850. The van der Waals surface area contributed by atoms with Gasteiger partial charge in [-0.3, -0.25) is 0 Å². The van der Waals surface area contributed by atoms with E-state index in [4.69, 9.17) is 0 Å². The first kappa shape index (κ1) is 13.6. The average Bonchev–Trinajstić information content (AvgIpc) is 2.74. The molecular formula is C12H15BrN4S. The number of halogens is 1. The molecule has 18 heavy (non-hydrogen) atoms. The molecule has 1 atom stereocenters. The molecule has 0 bridgehead atoms. The van der Waals surface area contributed by atoms with Crippen molar-refractivity contribution in [2.75, 3.05) is 7.05 Å². The van der Waals surface area contributed by atoms with Crippen LogP contribution < -0.4 is 5.32 Å². The van der Waals surface area contributed by atoms with E-state index < -0.39 is 0 Å². The van der Waals surface area contributed by atoms with E-state index in [9.17, 15) is 0 Å². The van der Waals surface area contributed by atoms with Gasteiger partial charge >= 0.3 is 0 Å². The number of nitrogens with one attached hydrogen (secondary N) is 1. The summed E-state index contributed by atoms with van der Waals surface area (Å²) >= 11 is 5.14. The molecule has 0 fully saturated rings. The Morgan fingerprint density at radius 1 is 1.44 bits per heavy atom. The second-order valence-electron chi connectivity index (χ2n) is 3.96. The molecule has 0 saturated heterocycles. The smallest absolute Gasteiger partial charge is 0.190 e. The minimum atomic E-state index is 0.300. The molecule has 96 valence electrons. The van der Waals surface area contributed by atoms with Crippen molar-refractivity contribution in [2.24, 2.45) is 7.05 Å². The predicted octanol–water partition coefficient (Wildman–Crippen LogP) is 3.01. The van der Waals surface area contributed by atoms with E-state index in [-0.39, 0.29) is 0 Å². The predicted molar refractivity (Wildman–Crippen MR) is 76.7 cm³/mol. The van der Waals surface area contributed by atoms with Crippen LogP contribution in [0, 0.1) is 0 Å². The molecule has 2 aromatic rings. The summed E-state index contributed by atoms with van der Waals surface area (Å²) in [6.45, 7) is 2.14. The summed E-state index contributed by atoms with van der Waals surface area (Å²) in [5, 5.41) is 8.24. The van der Waals surface area contributed by atoms with Crippen LogP contribution in [-0.2, 0) is 7.05 Å². The van der Waals surface area contributed by atoms with Crippen LogP contribution in [0.1, 0.15) is 18.5 Å². The van der Waals surface area contributed by atoms with E-state index in [0.29, 0.717) is 6.04 Å². The number of nitrogens with zero attached hydrogens (tertiary/aromatic N) is 3. The van der Waals surface area contributed by atoms with Crippen LogP contribution >= 0.6 is 27.7 Å². The molecule has 0 radical (unpaired) electrons. The number of hydrogen-bond donors (Lipinski definition) is 1. The van der Waals surface area contributed by atoms with Gasteiger partial charge in [0.25, 0.3) is 0 Å². The molecule has 4 nitrogen and oxygen atoms in total. The lowest BCUT2D eigenvalue weighted by Crippen LogP contribution is -2.13. The van der Waals surface area contributed by atoms with Gasteiger partial charge in [0.05, 0.1) is 0 Å². The molecule has 2 rings (SSSR count). The number of aromatic nitrogens is 3. The Labute approximate surface area is 119 Å². The van der Waals surface area contributed by atoms with Gasteiger partial charge in [0, 0.05) is 22.5 Å². The summed E-state index contributed by atoms with van der Waals surface area (Å²) in [5.74, 6) is 0. The Kier molecular flexibility index (Phi) is 4.42. The minimum absolute atomic E-state index is 0.300. The molecule has 0 aliphatic heterocycles. The maximum atomic E-state index is 4.25. The summed E-state index contributed by atoms with van der Waals surface area (Å²) in [5.41, 5.74) is 1.26. The number of benzene rings is 1. The van der Waals surface area contributed by atoms with Gasteiger partial charge in [0.15, 0.2) is 5.16 Å². The van der Waals surface area contributed by atoms with E-state index in [1.165, 1.54) is 10.5 Å². The first-order chi connectivity index (χ1) is 8.61. The molecule has 1 aromatic heterocycles. The number of rotatable bonds is 4. The standard InChI is InChI=1S/C12H15BrN4S/c1-8(14-2)10-5-4-9(13)6-11(10)18-12-15-7-16-17(12)3/h4-8,14H,1-3H3. The highest BCUT2D eigenvalue weighted by Gasteiger charge is 2.12. The van der Waals surface area contributed by atoms with Gasteiger partial charge in [0.2, 0.25) is 0 Å². The van der Waals surface area contributed by atoms with Crippen molar-refractivity contribution in [3.05, 3.63) is 34.6 Å². The molecule has 0 amide bonds. The molecular weight excluding hydrogens is 312 g/mol. The Morgan fingerprint density at radius 2 is 2.22 bits per heavy atom. The van der Waals surface area contributed by atoms with Gasteiger partial charge in [-0.15, -0.1) is 0 Å². The van der Waals surface area contributed by atoms with E-state index in [1.54, 1.807) is 22.8 Å². The first-order valence-corrected chi connectivity index (χ1v) is 7.21. The normalized spacial score (nSPS) is 12.7. The first-order valence-electron chi connectivity index (χ1n) is 5.60. The van der Waals surface area contributed by atoms with Crippen LogP contribution in [0.4, 0.5) is 0 Å². The summed E-state index contributed by atoms with van der Waals surface area (Å²) in [6.07, 6.45) is 1.57. The molecule has 0 spiro atoms. The summed E-state index contributed by atoms with van der Waals surface area (Å²) in [6, 6.07) is 6.60. The zero-order chi connectivity index (χ0) is 13.1. The fourth-order valence-electron chi connectivity index (χ4n) is 1.59. The molecule has 0 saturated carbocycles. The molecule has 1 heterocycles. The SMILES string of the molecule is CNC(C)c1ccc(Br)cc1Sc1ncnn1C. The average molecular weight is 327 g/mol. The van der Waals surface area contributed by atoms with Crippen LogP contribution in [0.3, 0.4) is 0 Å². The highest BCUT2D eigenvalue weighted by Crippen LogP contribution is 2.33. The van der Waals surface area contributed by atoms with Crippen LogP contribution in [0.25, 0.3) is 0 Å². The van der Waals surface area contributed by atoms with Gasteiger partial charge in [-0.05, 0) is 43.4 Å². The third kappa shape index (κ3) is 2.93. The van der Waals surface area contributed by atoms with Crippen LogP contribution in [0.5, 0.6) is 0 Å². The van der Waals surface area contributed by atoms with E-state index in [2.05, 4.69) is 56.5 Å². The lowest BCUT2D eigenvalue weighted by Gasteiger charge is -2.15. The molecule has 1 aromatic carbocycles. The topological polar surface area (TPSA) is 42.7 Å². The highest BCUT2D eigenvalue weighted by atomic mass is 79.9. The van der Waals surface area contributed by atoms with Gasteiger partial charge in [0.1, 0.15) is 6.33 Å². The quantitative estimate of drug-likeness (QED) is 0.937. The van der Waals surface area contributed by atoms with Crippen molar-refractivity contribution >= 4 is 27.7 Å². The number of aryl methyl sites for hydroxylation is 1. The molecule has 1 N–H and O–H groups in total. The van der Waals surface area contributed by atoms with E-state index in [1.807, 2.05) is 14.1 Å². The van der Waals surface area contributed by atoms with Crippen molar-refractivity contribution in [2.45, 2.75) is 23.0 Å². The van der Waals surface area contributed by atoms with Crippen molar-refractivity contribution in [3.8, 4) is 0 Å². The molecule has 6 heteroatoms. The van der Waals surface area contributed by atoms with E-state index in [0.717, 1.165) is 9.63 Å². The largest absolute Gasteiger partial charge is 0.313 e. The highest BCUT2D eigenvalue weighted by molar-refractivity contribution is 9.10. The summed E-state index contributed by atoms with van der Waals surface area (Å²) in [7, 11) is 3.86. The third-order valence-electron chi connectivity index (χ3n) is 2.75. The van der Waals surface area contributed by atoms with Crippen molar-refractivity contribution in [1.29, 1.82) is 0 Å². The second kappa shape index (κ2) is 5.86. The van der Waals surface area contributed by atoms with Crippen LogP contribution in [0.15, 0.2) is 39.1 Å². The fourth-order valence-corrected chi connectivity index (χ4v) is 3.12. The van der Waals surface area contributed by atoms with Crippen LogP contribution in [0.2, 0.25) is 0 Å². The molecule has 0 aliphatic carbocycles. The van der Waals surface area contributed by atoms with Crippen molar-refractivity contribution in [3.63, 3.8) is 0 Å². The Morgan fingerprint density at radius 3 is 2.83 bits per heavy atom. The van der Waals surface area contributed by atoms with Crippen molar-refractivity contribution in [1.82, 2.24) is 20.1 Å². The fraction of sp³-hybridized carbons (Fsp3) is 0.333. The zero-order valence-electron chi connectivity index (χ0n) is 10.5. The lowest BCUT2D eigenvalue weighted by atomic mass is 10.1. The van der Waals surface area contributed by atoms with Crippen molar-refractivity contribution < 1.29 is 0 Å². The van der Waals surface area contributed by atoms with E-state index >= 15 is 0 Å². The lowest BCUT2D eigenvalue weighted by molar-refractivity contribution is 0.640. The minimum Gasteiger partial charge on any atom is -0.313 e. The zero-order valence-corrected chi connectivity index (χ0v) is 12.9. The van der Waals surface area contributed by atoms with Gasteiger partial charge in [-0.25, -0.2) is 9.67 Å². The molecule has 0 aliphatic rings. The third-order valence-corrected chi connectivity index (χ3v) is 4.37.